The predicted octanol–water partition coefficient (Wildman–Crippen LogP) is 2.79. The van der Waals surface area contributed by atoms with E-state index in [4.69, 9.17) is 0 Å². The molecule has 0 bridgehead atoms. The van der Waals surface area contributed by atoms with Crippen molar-refractivity contribution in [2.75, 3.05) is 5.48 Å². The Morgan fingerprint density at radius 2 is 1.88 bits per heavy atom. The molecule has 0 saturated carbocycles. The highest BCUT2D eigenvalue weighted by Gasteiger charge is 2.37. The second kappa shape index (κ2) is 9.32. The van der Waals surface area contributed by atoms with Crippen LogP contribution in [0.1, 0.15) is 56.4 Å². The van der Waals surface area contributed by atoms with E-state index < -0.39 is 47.0 Å². The van der Waals surface area contributed by atoms with Crippen molar-refractivity contribution in [1.82, 2.24) is 25.9 Å². The van der Waals surface area contributed by atoms with Gasteiger partial charge < -0.3 is 21.3 Å². The molecule has 1 fully saturated rings. The minimum absolute atomic E-state index is 0.146. The smallest absolute Gasteiger partial charge is 0.418 e. The number of benzene rings is 1. The molecule has 12 heteroatoms. The number of anilines is 1. The van der Waals surface area contributed by atoms with Crippen LogP contribution >= 0.6 is 0 Å². The van der Waals surface area contributed by atoms with E-state index in [1.807, 2.05) is 0 Å². The number of aromatic nitrogens is 2. The molecule has 1 saturated heterocycles. The van der Waals surface area contributed by atoms with E-state index in [9.17, 15) is 28.0 Å². The Morgan fingerprint density at radius 3 is 2.45 bits per heavy atom. The number of amides is 2. The van der Waals surface area contributed by atoms with Crippen molar-refractivity contribution in [3.05, 3.63) is 58.8 Å². The van der Waals surface area contributed by atoms with E-state index in [0.717, 1.165) is 12.1 Å². The molecule has 0 radical (unpaired) electrons. The molecule has 2 heterocycles. The molecule has 1 aromatic carbocycles. The standard InChI is InChI=1S/C21H24F3N6O3/c1-20(2,3)16(11-5-6-12(21(22,23)24)13(9-11)30-33)29-19(32)14-10-15(31)28-18(27-14)17-25-7-4-8-26-17/h4-9,14,16,18,27,30H,10H2,1-3H3,(H,28,31)(H,29,32)/q-1/t14?,16-,18?/m0/s1. The second-order valence-electron chi connectivity index (χ2n) is 8.74. The fourth-order valence-electron chi connectivity index (χ4n) is 3.59. The Kier molecular flexibility index (Phi) is 6.89. The number of rotatable bonds is 5. The lowest BCUT2D eigenvalue weighted by Crippen LogP contribution is -2.57. The highest BCUT2D eigenvalue weighted by atomic mass is 19.4. The van der Waals surface area contributed by atoms with Gasteiger partial charge in [-0.2, -0.15) is 13.2 Å². The molecule has 2 aromatic rings. The maximum Gasteiger partial charge on any atom is 0.418 e. The van der Waals surface area contributed by atoms with E-state index in [-0.39, 0.29) is 18.2 Å². The second-order valence-corrected chi connectivity index (χ2v) is 8.74. The zero-order chi connectivity index (χ0) is 24.4. The summed E-state index contributed by atoms with van der Waals surface area (Å²) in [6.45, 7) is 5.38. The Labute approximate surface area is 188 Å². The van der Waals surface area contributed by atoms with Crippen LogP contribution in [-0.2, 0) is 15.8 Å². The normalized spacial score (nSPS) is 20.0. The first-order valence-electron chi connectivity index (χ1n) is 10.1. The fraction of sp³-hybridized carbons (Fsp3) is 0.429. The van der Waals surface area contributed by atoms with E-state index in [2.05, 4.69) is 25.9 Å². The molecule has 1 aromatic heterocycles. The summed E-state index contributed by atoms with van der Waals surface area (Å²) >= 11 is 0. The highest BCUT2D eigenvalue weighted by Crippen LogP contribution is 2.39. The number of hydrogen-bond acceptors (Lipinski definition) is 7. The van der Waals surface area contributed by atoms with Crippen LogP contribution < -0.4 is 21.4 Å². The molecule has 1 aliphatic rings. The van der Waals surface area contributed by atoms with Crippen LogP contribution in [0.2, 0.25) is 0 Å². The van der Waals surface area contributed by atoms with Crippen LogP contribution in [0.4, 0.5) is 18.9 Å². The Balaban J connectivity index is 1.85. The number of nitrogens with one attached hydrogen (secondary N) is 4. The first kappa shape index (κ1) is 24.4. The Morgan fingerprint density at radius 1 is 1.21 bits per heavy atom. The van der Waals surface area contributed by atoms with Crippen molar-refractivity contribution in [2.24, 2.45) is 5.41 Å². The third kappa shape index (κ3) is 5.76. The van der Waals surface area contributed by atoms with Gasteiger partial charge in [0.2, 0.25) is 11.8 Å². The van der Waals surface area contributed by atoms with Crippen molar-refractivity contribution in [2.45, 2.75) is 51.6 Å². The molecular weight excluding hydrogens is 441 g/mol. The number of hydrogen-bond donors (Lipinski definition) is 4. The molecular formula is C21H24F3N6O3-. The van der Waals surface area contributed by atoms with Crippen molar-refractivity contribution in [1.29, 1.82) is 0 Å². The van der Waals surface area contributed by atoms with Gasteiger partial charge in [-0.15, -0.1) is 0 Å². The zero-order valence-electron chi connectivity index (χ0n) is 18.2. The summed E-state index contributed by atoms with van der Waals surface area (Å²) in [4.78, 5) is 33.4. The van der Waals surface area contributed by atoms with Gasteiger partial charge in [0.05, 0.1) is 24.1 Å². The summed E-state index contributed by atoms with van der Waals surface area (Å²) in [6.07, 6.45) is -2.63. The van der Waals surface area contributed by atoms with Crippen molar-refractivity contribution in [3.8, 4) is 0 Å². The SMILES string of the molecule is CC(C)(C)[C@@H](NC(=O)C1CC(=O)NC(c2ncccn2)N1)c1ccc(C(F)(F)F)c(N[O-])c1. The number of carbonyl (C=O) groups is 2. The van der Waals surface area contributed by atoms with E-state index in [0.29, 0.717) is 5.56 Å². The van der Waals surface area contributed by atoms with Gasteiger partial charge in [-0.25, -0.2) is 9.97 Å². The van der Waals surface area contributed by atoms with Crippen molar-refractivity contribution >= 4 is 17.5 Å². The molecule has 9 nitrogen and oxygen atoms in total. The predicted molar refractivity (Wildman–Crippen MR) is 113 cm³/mol. The summed E-state index contributed by atoms with van der Waals surface area (Å²) < 4.78 is 39.5. The first-order valence-corrected chi connectivity index (χ1v) is 10.1. The lowest BCUT2D eigenvalue weighted by atomic mass is 9.81. The lowest BCUT2D eigenvalue weighted by molar-refractivity contribution is -0.137. The van der Waals surface area contributed by atoms with Gasteiger partial charge in [0, 0.05) is 18.1 Å². The van der Waals surface area contributed by atoms with Crippen LogP contribution in [0.25, 0.3) is 0 Å². The van der Waals surface area contributed by atoms with Gasteiger partial charge in [-0.1, -0.05) is 26.8 Å². The molecule has 0 aliphatic carbocycles. The molecule has 3 rings (SSSR count). The number of carbonyl (C=O) groups excluding carboxylic acids is 2. The number of nitrogens with zero attached hydrogens (tertiary/aromatic N) is 2. The van der Waals surface area contributed by atoms with Gasteiger partial charge in [-0.05, 0) is 29.2 Å². The van der Waals surface area contributed by atoms with Crippen LogP contribution in [0, 0.1) is 10.6 Å². The number of alkyl halides is 3. The molecule has 33 heavy (non-hydrogen) atoms. The summed E-state index contributed by atoms with van der Waals surface area (Å²) in [6, 6.07) is 3.04. The molecule has 4 N–H and O–H groups in total. The lowest BCUT2D eigenvalue weighted by Gasteiger charge is -2.36. The molecule has 1 aliphatic heterocycles. The summed E-state index contributed by atoms with van der Waals surface area (Å²) in [5.41, 5.74) is -0.726. The largest absolute Gasteiger partial charge is 0.761 e. The van der Waals surface area contributed by atoms with Gasteiger partial charge in [-0.3, -0.25) is 14.9 Å². The molecule has 3 atom stereocenters. The van der Waals surface area contributed by atoms with Gasteiger partial charge in [0.25, 0.3) is 0 Å². The van der Waals surface area contributed by atoms with Crippen LogP contribution in [0.5, 0.6) is 0 Å². The molecule has 0 spiro atoms. The van der Waals surface area contributed by atoms with Gasteiger partial charge >= 0.3 is 6.18 Å². The van der Waals surface area contributed by atoms with E-state index >= 15 is 0 Å². The molecule has 2 unspecified atom stereocenters. The fourth-order valence-corrected chi connectivity index (χ4v) is 3.59. The maximum absolute atomic E-state index is 13.2. The summed E-state index contributed by atoms with van der Waals surface area (Å²) in [5, 5.41) is 19.7. The van der Waals surface area contributed by atoms with Crippen molar-refractivity contribution < 1.29 is 22.8 Å². The quantitative estimate of drug-likeness (QED) is 0.500. The van der Waals surface area contributed by atoms with Crippen LogP contribution in [0.3, 0.4) is 0 Å². The van der Waals surface area contributed by atoms with E-state index in [1.54, 1.807) is 26.8 Å². The van der Waals surface area contributed by atoms with Crippen molar-refractivity contribution in [3.63, 3.8) is 0 Å². The van der Waals surface area contributed by atoms with Gasteiger partial charge in [0.1, 0.15) is 6.17 Å². The third-order valence-electron chi connectivity index (χ3n) is 5.17. The zero-order valence-corrected chi connectivity index (χ0v) is 18.2. The van der Waals surface area contributed by atoms with Gasteiger partial charge in [0.15, 0.2) is 5.82 Å². The molecule has 178 valence electrons. The minimum atomic E-state index is -4.71. The monoisotopic (exact) mass is 465 g/mol. The Hall–Kier alpha value is -3.25. The number of halogens is 3. The summed E-state index contributed by atoms with van der Waals surface area (Å²) in [7, 11) is 0. The average Bonchev–Trinajstić information content (AvgIpc) is 2.75. The Bertz CT molecular complexity index is 1010. The summed E-state index contributed by atoms with van der Waals surface area (Å²) in [5.74, 6) is -0.627. The average molecular weight is 465 g/mol. The van der Waals surface area contributed by atoms with E-state index in [1.165, 1.54) is 23.9 Å². The first-order chi connectivity index (χ1) is 15.4. The highest BCUT2D eigenvalue weighted by molar-refractivity contribution is 5.90. The molecule has 2 amide bonds. The van der Waals surface area contributed by atoms with Crippen LogP contribution in [0.15, 0.2) is 36.7 Å². The minimum Gasteiger partial charge on any atom is -0.761 e. The maximum atomic E-state index is 13.2. The topological polar surface area (TPSA) is 131 Å². The van der Waals surface area contributed by atoms with Crippen LogP contribution in [-0.4, -0.2) is 27.8 Å². The third-order valence-corrected chi connectivity index (χ3v) is 5.17.